The number of hydrogen-bond donors (Lipinski definition) is 1. The van der Waals surface area contributed by atoms with Gasteiger partial charge >= 0.3 is 0 Å². The summed E-state index contributed by atoms with van der Waals surface area (Å²) in [6.45, 7) is 10.7. The maximum atomic E-state index is 5.55. The van der Waals surface area contributed by atoms with E-state index in [9.17, 15) is 0 Å². The molecule has 1 unspecified atom stereocenters. The molecule has 0 saturated heterocycles. The minimum absolute atomic E-state index is 0.637. The lowest BCUT2D eigenvalue weighted by molar-refractivity contribution is 0.194. The van der Waals surface area contributed by atoms with Gasteiger partial charge in [0.2, 0.25) is 0 Å². The molecule has 1 aliphatic rings. The number of benzene rings is 1. The van der Waals surface area contributed by atoms with Crippen LogP contribution in [0.4, 0.5) is 0 Å². The predicted molar refractivity (Wildman–Crippen MR) is 79.6 cm³/mol. The normalized spacial score (nSPS) is 19.3. The van der Waals surface area contributed by atoms with E-state index < -0.39 is 0 Å². The Morgan fingerprint density at radius 1 is 1.32 bits per heavy atom. The highest BCUT2D eigenvalue weighted by atomic mass is 16.5. The molecule has 0 aromatic heterocycles. The summed E-state index contributed by atoms with van der Waals surface area (Å²) in [6.07, 6.45) is 1.15. The average Bonchev–Trinajstić information content (AvgIpc) is 2.43. The molecule has 0 aliphatic carbocycles. The monoisotopic (exact) mass is 262 g/mol. The molecule has 1 aromatic rings. The zero-order valence-electron chi connectivity index (χ0n) is 12.6. The third kappa shape index (κ3) is 3.10. The molecule has 1 heterocycles. The fourth-order valence-corrected chi connectivity index (χ4v) is 2.89. The summed E-state index contributed by atoms with van der Waals surface area (Å²) in [5.41, 5.74) is 4.20. The van der Waals surface area contributed by atoms with Gasteiger partial charge in [0.25, 0.3) is 0 Å². The summed E-state index contributed by atoms with van der Waals surface area (Å²) in [5.74, 6) is 1.02. The molecular formula is C16H26N2O. The van der Waals surface area contributed by atoms with Gasteiger partial charge in [0.05, 0.1) is 7.11 Å². The minimum Gasteiger partial charge on any atom is -0.496 e. The van der Waals surface area contributed by atoms with Crippen LogP contribution in [-0.4, -0.2) is 31.1 Å². The molecule has 1 atom stereocenters. The standard InChI is InChI=1S/C16H26N2O/c1-5-17-10-14-8-13-7-12(3)18(6-2)11-15(13)9-16(14)19-4/h8-9,12,17H,5-7,10-11H2,1-4H3. The first-order valence-electron chi connectivity index (χ1n) is 7.33. The minimum atomic E-state index is 0.637. The second-order valence-corrected chi connectivity index (χ2v) is 5.33. The maximum Gasteiger partial charge on any atom is 0.123 e. The van der Waals surface area contributed by atoms with Crippen LogP contribution in [0.2, 0.25) is 0 Å². The molecule has 19 heavy (non-hydrogen) atoms. The van der Waals surface area contributed by atoms with E-state index in [0.717, 1.165) is 38.3 Å². The number of nitrogens with zero attached hydrogens (tertiary/aromatic N) is 1. The first-order chi connectivity index (χ1) is 9.19. The van der Waals surface area contributed by atoms with Crippen LogP contribution in [0.15, 0.2) is 12.1 Å². The Labute approximate surface area is 116 Å². The van der Waals surface area contributed by atoms with Crippen LogP contribution in [0.1, 0.15) is 37.5 Å². The van der Waals surface area contributed by atoms with Crippen LogP contribution in [0.25, 0.3) is 0 Å². The highest BCUT2D eigenvalue weighted by Gasteiger charge is 2.23. The number of likely N-dealkylation sites (N-methyl/N-ethyl adjacent to an activating group) is 1. The van der Waals surface area contributed by atoms with Crippen LogP contribution >= 0.6 is 0 Å². The van der Waals surface area contributed by atoms with Crippen molar-refractivity contribution >= 4 is 0 Å². The lowest BCUT2D eigenvalue weighted by atomic mass is 9.92. The van der Waals surface area contributed by atoms with Crippen molar-refractivity contribution in [3.63, 3.8) is 0 Å². The van der Waals surface area contributed by atoms with Gasteiger partial charge < -0.3 is 10.1 Å². The molecular weight excluding hydrogens is 236 g/mol. The number of fused-ring (bicyclic) bond motifs is 1. The smallest absolute Gasteiger partial charge is 0.123 e. The molecule has 0 spiro atoms. The van der Waals surface area contributed by atoms with E-state index in [1.807, 2.05) is 0 Å². The number of methoxy groups -OCH3 is 1. The molecule has 1 N–H and O–H groups in total. The second kappa shape index (κ2) is 6.40. The van der Waals surface area contributed by atoms with Gasteiger partial charge in [0.1, 0.15) is 5.75 Å². The van der Waals surface area contributed by atoms with E-state index in [2.05, 4.69) is 43.1 Å². The van der Waals surface area contributed by atoms with Crippen molar-refractivity contribution in [2.45, 2.75) is 46.3 Å². The summed E-state index contributed by atoms with van der Waals surface area (Å²) >= 11 is 0. The van der Waals surface area contributed by atoms with Crippen molar-refractivity contribution in [1.82, 2.24) is 10.2 Å². The van der Waals surface area contributed by atoms with Crippen molar-refractivity contribution in [1.29, 1.82) is 0 Å². The van der Waals surface area contributed by atoms with Crippen LogP contribution in [0.3, 0.4) is 0 Å². The van der Waals surface area contributed by atoms with Gasteiger partial charge in [-0.3, -0.25) is 4.90 Å². The van der Waals surface area contributed by atoms with E-state index in [-0.39, 0.29) is 0 Å². The molecule has 0 amide bonds. The quantitative estimate of drug-likeness (QED) is 0.882. The molecule has 2 rings (SSSR count). The zero-order chi connectivity index (χ0) is 13.8. The van der Waals surface area contributed by atoms with Crippen LogP contribution in [-0.2, 0) is 19.5 Å². The molecule has 0 saturated carbocycles. The summed E-state index contributed by atoms with van der Waals surface area (Å²) < 4.78 is 5.55. The lowest BCUT2D eigenvalue weighted by Crippen LogP contribution is -2.38. The predicted octanol–water partition coefficient (Wildman–Crippen LogP) is 2.57. The van der Waals surface area contributed by atoms with Crippen molar-refractivity contribution < 1.29 is 4.74 Å². The molecule has 0 fully saturated rings. The van der Waals surface area contributed by atoms with E-state index in [1.54, 1.807) is 7.11 Å². The van der Waals surface area contributed by atoms with E-state index in [0.29, 0.717) is 6.04 Å². The summed E-state index contributed by atoms with van der Waals surface area (Å²) in [4.78, 5) is 2.52. The second-order valence-electron chi connectivity index (χ2n) is 5.33. The zero-order valence-corrected chi connectivity index (χ0v) is 12.6. The first-order valence-corrected chi connectivity index (χ1v) is 7.33. The largest absolute Gasteiger partial charge is 0.496 e. The van der Waals surface area contributed by atoms with E-state index in [4.69, 9.17) is 4.74 Å². The Kier molecular flexibility index (Phi) is 4.83. The summed E-state index contributed by atoms with van der Waals surface area (Å²) in [7, 11) is 1.76. The van der Waals surface area contributed by atoms with Gasteiger partial charge in [-0.15, -0.1) is 0 Å². The highest BCUT2D eigenvalue weighted by molar-refractivity contribution is 5.44. The van der Waals surface area contributed by atoms with Gasteiger partial charge in [0.15, 0.2) is 0 Å². The molecule has 1 aliphatic heterocycles. The fourth-order valence-electron chi connectivity index (χ4n) is 2.89. The topological polar surface area (TPSA) is 24.5 Å². The molecule has 1 aromatic carbocycles. The van der Waals surface area contributed by atoms with Crippen LogP contribution in [0.5, 0.6) is 5.75 Å². The Morgan fingerprint density at radius 2 is 2.11 bits per heavy atom. The molecule has 0 bridgehead atoms. The van der Waals surface area contributed by atoms with Crippen molar-refractivity contribution in [2.24, 2.45) is 0 Å². The van der Waals surface area contributed by atoms with E-state index in [1.165, 1.54) is 16.7 Å². The fraction of sp³-hybridized carbons (Fsp3) is 0.625. The Balaban J connectivity index is 2.29. The van der Waals surface area contributed by atoms with Crippen molar-refractivity contribution in [3.05, 3.63) is 28.8 Å². The molecule has 0 radical (unpaired) electrons. The summed E-state index contributed by atoms with van der Waals surface area (Å²) in [6, 6.07) is 5.20. The van der Waals surface area contributed by atoms with Crippen molar-refractivity contribution in [3.8, 4) is 5.75 Å². The van der Waals surface area contributed by atoms with Crippen molar-refractivity contribution in [2.75, 3.05) is 20.2 Å². The molecule has 106 valence electrons. The first kappa shape index (κ1) is 14.4. The lowest BCUT2D eigenvalue weighted by Gasteiger charge is -2.34. The van der Waals surface area contributed by atoms with Crippen LogP contribution < -0.4 is 10.1 Å². The maximum absolute atomic E-state index is 5.55. The van der Waals surface area contributed by atoms with Crippen LogP contribution in [0, 0.1) is 0 Å². The average molecular weight is 262 g/mol. The Hall–Kier alpha value is -1.06. The number of nitrogens with one attached hydrogen (secondary N) is 1. The Morgan fingerprint density at radius 3 is 2.74 bits per heavy atom. The highest BCUT2D eigenvalue weighted by Crippen LogP contribution is 2.30. The summed E-state index contributed by atoms with van der Waals surface area (Å²) in [5, 5.41) is 3.39. The van der Waals surface area contributed by atoms with Gasteiger partial charge in [-0.25, -0.2) is 0 Å². The molecule has 3 nitrogen and oxygen atoms in total. The van der Waals surface area contributed by atoms with Gasteiger partial charge in [-0.05, 0) is 43.6 Å². The SMILES string of the molecule is CCNCc1cc2c(cc1OC)CN(CC)C(C)C2. The molecule has 3 heteroatoms. The third-order valence-corrected chi connectivity index (χ3v) is 4.09. The number of rotatable bonds is 5. The number of hydrogen-bond acceptors (Lipinski definition) is 3. The number of ether oxygens (including phenoxy) is 1. The third-order valence-electron chi connectivity index (χ3n) is 4.09. The van der Waals surface area contributed by atoms with Gasteiger partial charge in [-0.1, -0.05) is 19.9 Å². The van der Waals surface area contributed by atoms with Gasteiger partial charge in [0, 0.05) is 24.7 Å². The van der Waals surface area contributed by atoms with E-state index >= 15 is 0 Å². The Bertz CT molecular complexity index is 431. The van der Waals surface area contributed by atoms with Gasteiger partial charge in [-0.2, -0.15) is 0 Å².